The lowest BCUT2D eigenvalue weighted by atomic mass is 9.73. The molecule has 0 radical (unpaired) electrons. The van der Waals surface area contributed by atoms with Crippen molar-refractivity contribution in [2.75, 3.05) is 11.9 Å². The molecular formula is C19H17NO3. The molecule has 0 N–H and O–H groups in total. The number of Topliss-reactive ketones (excluding diaryl/α,β-unsaturated/α-hetero) is 2. The van der Waals surface area contributed by atoms with Gasteiger partial charge in [-0.2, -0.15) is 0 Å². The van der Waals surface area contributed by atoms with Crippen LogP contribution in [0, 0.1) is 5.41 Å². The molecule has 1 aliphatic heterocycles. The molecule has 2 aromatic rings. The molecule has 4 heteroatoms. The highest BCUT2D eigenvalue weighted by Gasteiger charge is 2.49. The summed E-state index contributed by atoms with van der Waals surface area (Å²) in [6, 6.07) is 15.7. The van der Waals surface area contributed by atoms with E-state index in [1.54, 1.807) is 62.5 Å². The van der Waals surface area contributed by atoms with Gasteiger partial charge in [0.05, 0.1) is 5.69 Å². The van der Waals surface area contributed by atoms with Crippen LogP contribution in [0.4, 0.5) is 5.69 Å². The second-order valence-corrected chi connectivity index (χ2v) is 6.01. The molecule has 4 nitrogen and oxygen atoms in total. The highest BCUT2D eigenvalue weighted by atomic mass is 16.2. The summed E-state index contributed by atoms with van der Waals surface area (Å²) < 4.78 is 0. The maximum absolute atomic E-state index is 12.9. The van der Waals surface area contributed by atoms with Crippen molar-refractivity contribution in [1.29, 1.82) is 0 Å². The van der Waals surface area contributed by atoms with Crippen molar-refractivity contribution < 1.29 is 14.4 Å². The molecular weight excluding hydrogens is 290 g/mol. The fourth-order valence-electron chi connectivity index (χ4n) is 3.04. The molecule has 0 aromatic heterocycles. The number of amides is 1. The average molecular weight is 307 g/mol. The van der Waals surface area contributed by atoms with E-state index in [1.807, 2.05) is 6.07 Å². The number of rotatable bonds is 3. The van der Waals surface area contributed by atoms with Crippen molar-refractivity contribution in [1.82, 2.24) is 0 Å². The zero-order valence-corrected chi connectivity index (χ0v) is 13.1. The summed E-state index contributed by atoms with van der Waals surface area (Å²) in [6.07, 6.45) is -0.132. The third kappa shape index (κ3) is 2.36. The number of fused-ring (bicyclic) bond motifs is 1. The van der Waals surface area contributed by atoms with E-state index < -0.39 is 5.41 Å². The maximum atomic E-state index is 12.9. The SMILES string of the molecule is CN1C(=O)C(C)(CC(=O)c2ccccc2)C(=O)c2ccccc21. The molecule has 3 rings (SSSR count). The molecule has 116 valence electrons. The van der Waals surface area contributed by atoms with Crippen molar-refractivity contribution in [3.8, 4) is 0 Å². The van der Waals surface area contributed by atoms with Gasteiger partial charge in [0, 0.05) is 24.6 Å². The predicted octanol–water partition coefficient (Wildman–Crippen LogP) is 3.13. The summed E-state index contributed by atoms with van der Waals surface area (Å²) in [7, 11) is 1.64. The monoisotopic (exact) mass is 307 g/mol. The molecule has 0 spiro atoms. The van der Waals surface area contributed by atoms with E-state index in [4.69, 9.17) is 0 Å². The summed E-state index contributed by atoms with van der Waals surface area (Å²) in [5.74, 6) is -0.839. The van der Waals surface area contributed by atoms with Gasteiger partial charge >= 0.3 is 0 Å². The second kappa shape index (κ2) is 5.47. The van der Waals surface area contributed by atoms with Gasteiger partial charge in [-0.15, -0.1) is 0 Å². The first kappa shape index (κ1) is 15.2. The first-order valence-electron chi connectivity index (χ1n) is 7.45. The van der Waals surface area contributed by atoms with E-state index >= 15 is 0 Å². The number of ketones is 2. The number of hydrogen-bond donors (Lipinski definition) is 0. The zero-order valence-electron chi connectivity index (χ0n) is 13.1. The molecule has 1 aliphatic rings. The lowest BCUT2D eigenvalue weighted by Crippen LogP contribution is -2.51. The van der Waals surface area contributed by atoms with Crippen LogP contribution in [0.25, 0.3) is 0 Å². The average Bonchev–Trinajstić information content (AvgIpc) is 2.59. The third-order valence-electron chi connectivity index (χ3n) is 4.40. The van der Waals surface area contributed by atoms with Crippen LogP contribution in [0.1, 0.15) is 34.1 Å². The van der Waals surface area contributed by atoms with Gasteiger partial charge in [0.2, 0.25) is 5.91 Å². The van der Waals surface area contributed by atoms with Crippen molar-refractivity contribution >= 4 is 23.2 Å². The maximum Gasteiger partial charge on any atom is 0.241 e. The van der Waals surface area contributed by atoms with Crippen LogP contribution in [0.3, 0.4) is 0 Å². The number of carbonyl (C=O) groups excluding carboxylic acids is 3. The summed E-state index contributed by atoms with van der Waals surface area (Å²) in [6.45, 7) is 1.56. The molecule has 0 aliphatic carbocycles. The standard InChI is InChI=1S/C19H17NO3/c1-19(12-16(21)13-8-4-3-5-9-13)17(22)14-10-6-7-11-15(14)20(2)18(19)23/h3-11H,12H2,1-2H3. The van der Waals surface area contributed by atoms with Gasteiger partial charge in [-0.3, -0.25) is 14.4 Å². The largest absolute Gasteiger partial charge is 0.314 e. The van der Waals surface area contributed by atoms with E-state index in [1.165, 1.54) is 4.90 Å². The molecule has 23 heavy (non-hydrogen) atoms. The Kier molecular flexibility index (Phi) is 3.60. The molecule has 2 aromatic carbocycles. The lowest BCUT2D eigenvalue weighted by molar-refractivity contribution is -0.125. The van der Waals surface area contributed by atoms with Crippen LogP contribution in [-0.2, 0) is 4.79 Å². The van der Waals surface area contributed by atoms with Gasteiger partial charge in [0.1, 0.15) is 5.41 Å². The van der Waals surface area contributed by atoms with Crippen LogP contribution in [0.5, 0.6) is 0 Å². The molecule has 0 bridgehead atoms. The zero-order chi connectivity index (χ0) is 16.6. The van der Waals surface area contributed by atoms with E-state index in [0.717, 1.165) is 0 Å². The van der Waals surface area contributed by atoms with Gasteiger partial charge in [-0.25, -0.2) is 0 Å². The van der Waals surface area contributed by atoms with Crippen LogP contribution < -0.4 is 4.90 Å². The topological polar surface area (TPSA) is 54.5 Å². The van der Waals surface area contributed by atoms with Crippen LogP contribution in [-0.4, -0.2) is 24.5 Å². The Morgan fingerprint density at radius 3 is 2.30 bits per heavy atom. The Morgan fingerprint density at radius 1 is 1.00 bits per heavy atom. The molecule has 0 saturated heterocycles. The number of anilines is 1. The van der Waals surface area contributed by atoms with Crippen LogP contribution >= 0.6 is 0 Å². The molecule has 1 unspecified atom stereocenters. The highest BCUT2D eigenvalue weighted by molar-refractivity contribution is 6.26. The predicted molar refractivity (Wildman–Crippen MR) is 87.7 cm³/mol. The van der Waals surface area contributed by atoms with E-state index in [0.29, 0.717) is 16.8 Å². The van der Waals surface area contributed by atoms with Crippen molar-refractivity contribution in [2.24, 2.45) is 5.41 Å². The summed E-state index contributed by atoms with van der Waals surface area (Å²) in [4.78, 5) is 39.6. The Hall–Kier alpha value is -2.75. The molecule has 1 amide bonds. The number of para-hydroxylation sites is 1. The number of carbonyl (C=O) groups is 3. The Labute approximate surface area is 134 Å². The Morgan fingerprint density at radius 2 is 1.61 bits per heavy atom. The summed E-state index contributed by atoms with van der Waals surface area (Å²) in [5, 5.41) is 0. The molecule has 0 fully saturated rings. The van der Waals surface area contributed by atoms with Gasteiger partial charge in [-0.05, 0) is 19.1 Å². The van der Waals surface area contributed by atoms with Crippen molar-refractivity contribution in [3.05, 3.63) is 65.7 Å². The third-order valence-corrected chi connectivity index (χ3v) is 4.40. The van der Waals surface area contributed by atoms with Crippen LogP contribution in [0.2, 0.25) is 0 Å². The smallest absolute Gasteiger partial charge is 0.241 e. The van der Waals surface area contributed by atoms with E-state index in [-0.39, 0.29) is 23.9 Å². The minimum absolute atomic E-state index is 0.132. The fraction of sp³-hybridized carbons (Fsp3) is 0.211. The van der Waals surface area contributed by atoms with Crippen LogP contribution in [0.15, 0.2) is 54.6 Å². The second-order valence-electron chi connectivity index (χ2n) is 6.01. The van der Waals surface area contributed by atoms with Gasteiger partial charge in [0.15, 0.2) is 11.6 Å². The van der Waals surface area contributed by atoms with Gasteiger partial charge in [0.25, 0.3) is 0 Å². The van der Waals surface area contributed by atoms with Crippen molar-refractivity contribution in [2.45, 2.75) is 13.3 Å². The highest BCUT2D eigenvalue weighted by Crippen LogP contribution is 2.39. The Bertz CT molecular complexity index is 797. The van der Waals surface area contributed by atoms with Crippen molar-refractivity contribution in [3.63, 3.8) is 0 Å². The Balaban J connectivity index is 2.00. The summed E-state index contributed by atoms with van der Waals surface area (Å²) in [5.41, 5.74) is 0.219. The number of benzene rings is 2. The van der Waals surface area contributed by atoms with Gasteiger partial charge < -0.3 is 4.90 Å². The minimum atomic E-state index is -1.37. The first-order chi connectivity index (χ1) is 10.9. The molecule has 1 atom stereocenters. The lowest BCUT2D eigenvalue weighted by Gasteiger charge is -2.37. The van der Waals surface area contributed by atoms with E-state index in [2.05, 4.69) is 0 Å². The van der Waals surface area contributed by atoms with E-state index in [9.17, 15) is 14.4 Å². The molecule has 0 saturated carbocycles. The quantitative estimate of drug-likeness (QED) is 0.646. The normalized spacial score (nSPS) is 20.3. The fourth-order valence-corrected chi connectivity index (χ4v) is 3.04. The first-order valence-corrected chi connectivity index (χ1v) is 7.45. The molecule has 1 heterocycles. The van der Waals surface area contributed by atoms with Gasteiger partial charge in [-0.1, -0.05) is 42.5 Å². The number of nitrogens with zero attached hydrogens (tertiary/aromatic N) is 1. The number of hydrogen-bond acceptors (Lipinski definition) is 3. The minimum Gasteiger partial charge on any atom is -0.314 e. The summed E-state index contributed by atoms with van der Waals surface area (Å²) >= 11 is 0.